The third kappa shape index (κ3) is 2.80. The van der Waals surface area contributed by atoms with E-state index in [2.05, 4.69) is 0 Å². The van der Waals surface area contributed by atoms with Crippen LogP contribution in [-0.2, 0) is 19.1 Å². The number of halogens is 2. The molecule has 138 valence electrons. The molecule has 3 fully saturated rings. The molecule has 7 heteroatoms. The van der Waals surface area contributed by atoms with Gasteiger partial charge in [-0.3, -0.25) is 14.4 Å². The van der Waals surface area contributed by atoms with E-state index in [0.717, 1.165) is 6.42 Å². The SMILES string of the molecule is O=C(O[C@@H](CCCl)C(=O)c1ccc(F)cc1)[C@@H]1[C@@H]2C[C@@H]3[C@@H]1C(=O)O[C@@H]3C2. The second-order valence-corrected chi connectivity index (χ2v) is 7.57. The summed E-state index contributed by atoms with van der Waals surface area (Å²) in [5.41, 5.74) is 0.252. The molecule has 0 radical (unpaired) electrons. The topological polar surface area (TPSA) is 69.7 Å². The number of benzene rings is 1. The van der Waals surface area contributed by atoms with E-state index in [0.29, 0.717) is 6.42 Å². The second-order valence-electron chi connectivity index (χ2n) is 7.20. The molecule has 5 nitrogen and oxygen atoms in total. The molecular formula is C19H18ClFO5. The second kappa shape index (κ2) is 6.65. The summed E-state index contributed by atoms with van der Waals surface area (Å²) in [6.45, 7) is 0. The van der Waals surface area contributed by atoms with Crippen LogP contribution >= 0.6 is 11.6 Å². The van der Waals surface area contributed by atoms with E-state index in [4.69, 9.17) is 21.1 Å². The summed E-state index contributed by atoms with van der Waals surface area (Å²) in [4.78, 5) is 37.4. The Balaban J connectivity index is 1.50. The van der Waals surface area contributed by atoms with Gasteiger partial charge in [-0.1, -0.05) is 0 Å². The van der Waals surface area contributed by atoms with Crippen molar-refractivity contribution in [2.45, 2.75) is 31.5 Å². The molecule has 0 unspecified atom stereocenters. The van der Waals surface area contributed by atoms with Crippen molar-refractivity contribution in [2.75, 3.05) is 5.88 Å². The summed E-state index contributed by atoms with van der Waals surface area (Å²) in [5, 5.41) is 0. The smallest absolute Gasteiger partial charge is 0.310 e. The maximum absolute atomic E-state index is 13.1. The van der Waals surface area contributed by atoms with Crippen LogP contribution in [0.25, 0.3) is 0 Å². The molecule has 0 N–H and O–H groups in total. The van der Waals surface area contributed by atoms with Gasteiger partial charge in [-0.25, -0.2) is 4.39 Å². The average Bonchev–Trinajstić information content (AvgIpc) is 3.23. The van der Waals surface area contributed by atoms with Crippen LogP contribution in [0.4, 0.5) is 4.39 Å². The standard InChI is InChI=1S/C19H18ClFO5/c20-6-5-13(17(22)9-1-3-11(21)4-2-9)25-18(23)15-10-7-12-14(8-10)26-19(24)16(12)15/h1-4,10,12-16H,5-8H2/t10-,12+,13+,14-,15-,16+/m1/s1. The van der Waals surface area contributed by atoms with Gasteiger partial charge in [0.15, 0.2) is 6.10 Å². The van der Waals surface area contributed by atoms with Crippen molar-refractivity contribution in [3.05, 3.63) is 35.6 Å². The Bertz CT molecular complexity index is 747. The first-order valence-corrected chi connectivity index (χ1v) is 9.29. The van der Waals surface area contributed by atoms with Crippen LogP contribution in [0.15, 0.2) is 24.3 Å². The number of rotatable bonds is 6. The monoisotopic (exact) mass is 380 g/mol. The summed E-state index contributed by atoms with van der Waals surface area (Å²) in [6, 6.07) is 5.06. The van der Waals surface area contributed by atoms with E-state index >= 15 is 0 Å². The minimum absolute atomic E-state index is 0.0616. The van der Waals surface area contributed by atoms with Gasteiger partial charge in [0.05, 0.1) is 11.8 Å². The molecular weight excluding hydrogens is 363 g/mol. The van der Waals surface area contributed by atoms with Crippen molar-refractivity contribution in [3.8, 4) is 0 Å². The number of esters is 2. The van der Waals surface area contributed by atoms with Crippen molar-refractivity contribution >= 4 is 29.3 Å². The Labute approximate surface area is 154 Å². The molecule has 0 aromatic heterocycles. The number of carbonyl (C=O) groups excluding carboxylic acids is 3. The van der Waals surface area contributed by atoms with Gasteiger partial charge in [-0.15, -0.1) is 11.6 Å². The van der Waals surface area contributed by atoms with Gasteiger partial charge in [0.25, 0.3) is 0 Å². The van der Waals surface area contributed by atoms with Gasteiger partial charge in [0, 0.05) is 23.8 Å². The molecule has 0 spiro atoms. The van der Waals surface area contributed by atoms with Crippen molar-refractivity contribution in [2.24, 2.45) is 23.7 Å². The first-order chi connectivity index (χ1) is 12.5. The highest BCUT2D eigenvalue weighted by Gasteiger charge is 2.64. The molecule has 1 aromatic rings. The van der Waals surface area contributed by atoms with E-state index in [1.165, 1.54) is 24.3 Å². The summed E-state index contributed by atoms with van der Waals surface area (Å²) in [5.74, 6) is -2.47. The van der Waals surface area contributed by atoms with Crippen molar-refractivity contribution in [1.82, 2.24) is 0 Å². The maximum atomic E-state index is 13.1. The minimum atomic E-state index is -1.04. The predicted molar refractivity (Wildman–Crippen MR) is 89.0 cm³/mol. The first kappa shape index (κ1) is 17.5. The van der Waals surface area contributed by atoms with Crippen LogP contribution in [0.1, 0.15) is 29.6 Å². The Hall–Kier alpha value is -1.95. The third-order valence-corrected chi connectivity index (χ3v) is 6.02. The fourth-order valence-electron chi connectivity index (χ4n) is 4.69. The number of ether oxygens (including phenoxy) is 2. The lowest BCUT2D eigenvalue weighted by Gasteiger charge is -2.25. The number of carbonyl (C=O) groups is 3. The fourth-order valence-corrected chi connectivity index (χ4v) is 4.88. The lowest BCUT2D eigenvalue weighted by atomic mass is 9.80. The van der Waals surface area contributed by atoms with E-state index in [9.17, 15) is 18.8 Å². The molecule has 2 saturated carbocycles. The van der Waals surface area contributed by atoms with Crippen LogP contribution in [0.2, 0.25) is 0 Å². The molecule has 2 aliphatic carbocycles. The summed E-state index contributed by atoms with van der Waals surface area (Å²) in [6.07, 6.45) is 0.507. The van der Waals surface area contributed by atoms with Gasteiger partial charge in [0.1, 0.15) is 11.9 Å². The molecule has 4 rings (SSSR count). The first-order valence-electron chi connectivity index (χ1n) is 8.76. The van der Waals surface area contributed by atoms with E-state index in [-0.39, 0.29) is 41.8 Å². The number of hydrogen-bond donors (Lipinski definition) is 0. The summed E-state index contributed by atoms with van der Waals surface area (Å²) < 4.78 is 23.9. The third-order valence-electron chi connectivity index (χ3n) is 5.81. The molecule has 6 atom stereocenters. The molecule has 1 aliphatic heterocycles. The number of Topliss-reactive ketones (excluding diaryl/α,β-unsaturated/α-hetero) is 1. The summed E-state index contributed by atoms with van der Waals surface area (Å²) >= 11 is 5.77. The van der Waals surface area contributed by atoms with Crippen molar-refractivity contribution in [3.63, 3.8) is 0 Å². The minimum Gasteiger partial charge on any atom is -0.462 e. The van der Waals surface area contributed by atoms with Crippen LogP contribution in [0.5, 0.6) is 0 Å². The Morgan fingerprint density at radius 1 is 1.27 bits per heavy atom. The molecule has 3 aliphatic rings. The van der Waals surface area contributed by atoms with Crippen LogP contribution < -0.4 is 0 Å². The zero-order valence-corrected chi connectivity index (χ0v) is 14.7. The quantitative estimate of drug-likeness (QED) is 0.431. The molecule has 2 bridgehead atoms. The van der Waals surface area contributed by atoms with E-state index < -0.39 is 35.5 Å². The molecule has 1 saturated heterocycles. The van der Waals surface area contributed by atoms with Gasteiger partial charge < -0.3 is 9.47 Å². The van der Waals surface area contributed by atoms with Crippen LogP contribution in [0, 0.1) is 29.5 Å². The Kier molecular flexibility index (Phi) is 4.47. The number of fused-ring (bicyclic) bond motifs is 1. The number of hydrogen-bond acceptors (Lipinski definition) is 5. The molecule has 26 heavy (non-hydrogen) atoms. The lowest BCUT2D eigenvalue weighted by Crippen LogP contribution is -2.37. The highest BCUT2D eigenvalue weighted by Crippen LogP contribution is 2.58. The maximum Gasteiger partial charge on any atom is 0.310 e. The lowest BCUT2D eigenvalue weighted by molar-refractivity contribution is -0.158. The molecule has 1 heterocycles. The van der Waals surface area contributed by atoms with Gasteiger partial charge in [-0.2, -0.15) is 0 Å². The van der Waals surface area contributed by atoms with E-state index in [1.54, 1.807) is 0 Å². The Morgan fingerprint density at radius 3 is 2.69 bits per heavy atom. The normalized spacial score (nSPS) is 32.4. The largest absolute Gasteiger partial charge is 0.462 e. The molecule has 1 aromatic carbocycles. The van der Waals surface area contributed by atoms with Gasteiger partial charge in [-0.05, 0) is 43.0 Å². The Morgan fingerprint density at radius 2 is 2.00 bits per heavy atom. The average molecular weight is 381 g/mol. The zero-order chi connectivity index (χ0) is 18.4. The van der Waals surface area contributed by atoms with Gasteiger partial charge >= 0.3 is 11.9 Å². The molecule has 0 amide bonds. The highest BCUT2D eigenvalue weighted by molar-refractivity contribution is 6.18. The van der Waals surface area contributed by atoms with Gasteiger partial charge in [0.2, 0.25) is 5.78 Å². The predicted octanol–water partition coefficient (Wildman–Crippen LogP) is 2.75. The number of alkyl halides is 1. The van der Waals surface area contributed by atoms with E-state index in [1.807, 2.05) is 0 Å². The van der Waals surface area contributed by atoms with Crippen molar-refractivity contribution < 1.29 is 28.2 Å². The zero-order valence-electron chi connectivity index (χ0n) is 13.9. The van der Waals surface area contributed by atoms with Crippen LogP contribution in [-0.4, -0.2) is 35.8 Å². The number of ketones is 1. The van der Waals surface area contributed by atoms with Crippen LogP contribution in [0.3, 0.4) is 0 Å². The highest BCUT2D eigenvalue weighted by atomic mass is 35.5. The fraction of sp³-hybridized carbons (Fsp3) is 0.526. The summed E-state index contributed by atoms with van der Waals surface area (Å²) in [7, 11) is 0. The van der Waals surface area contributed by atoms with Crippen molar-refractivity contribution in [1.29, 1.82) is 0 Å².